The minimum Gasteiger partial charge on any atom is -0.356 e. The predicted molar refractivity (Wildman–Crippen MR) is 126 cm³/mol. The zero-order valence-electron chi connectivity index (χ0n) is 16.8. The molecular formula is C26H30BrN. The summed E-state index contributed by atoms with van der Waals surface area (Å²) in [6, 6.07) is 25.9. The number of halogens is 1. The van der Waals surface area contributed by atoms with Crippen LogP contribution in [0, 0.1) is 0 Å². The van der Waals surface area contributed by atoms with Crippen LogP contribution in [0.3, 0.4) is 0 Å². The lowest BCUT2D eigenvalue weighted by molar-refractivity contribution is 0.607. The molecule has 0 atom stereocenters. The summed E-state index contributed by atoms with van der Waals surface area (Å²) in [6.45, 7) is 2.27. The molecule has 0 fully saturated rings. The van der Waals surface area contributed by atoms with Gasteiger partial charge in [-0.3, -0.25) is 0 Å². The van der Waals surface area contributed by atoms with Crippen molar-refractivity contribution in [3.05, 3.63) is 82.8 Å². The van der Waals surface area contributed by atoms with Crippen molar-refractivity contribution in [3.63, 3.8) is 0 Å². The maximum Gasteiger partial charge on any atom is 0.0384 e. The third-order valence-electron chi connectivity index (χ3n) is 5.12. The van der Waals surface area contributed by atoms with Gasteiger partial charge < -0.3 is 5.32 Å². The van der Waals surface area contributed by atoms with Gasteiger partial charge in [0.1, 0.15) is 0 Å². The van der Waals surface area contributed by atoms with Crippen LogP contribution in [-0.2, 0) is 6.42 Å². The topological polar surface area (TPSA) is 12.0 Å². The minimum absolute atomic E-state index is 1.11. The van der Waals surface area contributed by atoms with Crippen LogP contribution in [0.5, 0.6) is 0 Å². The Morgan fingerprint density at radius 3 is 1.71 bits per heavy atom. The third kappa shape index (κ3) is 6.53. The summed E-state index contributed by atoms with van der Waals surface area (Å²) in [4.78, 5) is 0. The molecular weight excluding hydrogens is 406 g/mol. The molecule has 0 spiro atoms. The lowest BCUT2D eigenvalue weighted by atomic mass is 10.0. The monoisotopic (exact) mass is 435 g/mol. The van der Waals surface area contributed by atoms with Gasteiger partial charge in [0, 0.05) is 15.8 Å². The van der Waals surface area contributed by atoms with Crippen LogP contribution in [0.25, 0.3) is 11.1 Å². The molecule has 0 amide bonds. The highest BCUT2D eigenvalue weighted by atomic mass is 79.9. The van der Waals surface area contributed by atoms with Crippen molar-refractivity contribution >= 4 is 27.3 Å². The molecule has 0 saturated heterocycles. The van der Waals surface area contributed by atoms with E-state index in [4.69, 9.17) is 0 Å². The Balaban J connectivity index is 1.49. The summed E-state index contributed by atoms with van der Waals surface area (Å²) >= 11 is 3.49. The maximum atomic E-state index is 3.50. The molecule has 0 heterocycles. The van der Waals surface area contributed by atoms with Gasteiger partial charge in [-0.1, -0.05) is 91.4 Å². The van der Waals surface area contributed by atoms with Crippen molar-refractivity contribution < 1.29 is 0 Å². The first kappa shape index (κ1) is 20.7. The highest BCUT2D eigenvalue weighted by Gasteiger charge is 2.00. The van der Waals surface area contributed by atoms with Crippen LogP contribution >= 0.6 is 15.9 Å². The van der Waals surface area contributed by atoms with Gasteiger partial charge in [-0.25, -0.2) is 0 Å². The van der Waals surface area contributed by atoms with Gasteiger partial charge in [-0.2, -0.15) is 0 Å². The van der Waals surface area contributed by atoms with Gasteiger partial charge in [0.2, 0.25) is 0 Å². The number of anilines is 2. The number of benzene rings is 3. The molecule has 0 unspecified atom stereocenters. The molecule has 1 nitrogen and oxygen atoms in total. The third-order valence-corrected chi connectivity index (χ3v) is 5.65. The van der Waals surface area contributed by atoms with Crippen LogP contribution in [0.15, 0.2) is 77.3 Å². The van der Waals surface area contributed by atoms with E-state index >= 15 is 0 Å². The van der Waals surface area contributed by atoms with Gasteiger partial charge in [0.15, 0.2) is 0 Å². The number of unbranched alkanes of at least 4 members (excludes halogenated alkanes) is 5. The van der Waals surface area contributed by atoms with E-state index in [1.165, 1.54) is 61.6 Å². The molecule has 146 valence electrons. The molecule has 3 aromatic rings. The number of rotatable bonds is 10. The molecule has 3 aromatic carbocycles. The Hall–Kier alpha value is -2.06. The fourth-order valence-electron chi connectivity index (χ4n) is 3.42. The summed E-state index contributed by atoms with van der Waals surface area (Å²) in [6.07, 6.45) is 9.31. The lowest BCUT2D eigenvalue weighted by Crippen LogP contribution is -1.92. The number of hydrogen-bond donors (Lipinski definition) is 1. The normalized spacial score (nSPS) is 10.8. The van der Waals surface area contributed by atoms with Crippen molar-refractivity contribution in [2.75, 3.05) is 5.32 Å². The zero-order chi connectivity index (χ0) is 19.6. The Labute approximate surface area is 178 Å². The Morgan fingerprint density at radius 2 is 1.11 bits per heavy atom. The van der Waals surface area contributed by atoms with E-state index in [-0.39, 0.29) is 0 Å². The molecule has 3 rings (SSSR count). The largest absolute Gasteiger partial charge is 0.356 e. The first-order valence-electron chi connectivity index (χ1n) is 10.5. The Kier molecular flexibility index (Phi) is 8.17. The average molecular weight is 436 g/mol. The SMILES string of the molecule is CCCCCCCCc1ccc(Nc2ccc(-c3ccc(Br)cc3)cc2)cc1. The maximum absolute atomic E-state index is 3.50. The first-order chi connectivity index (χ1) is 13.7. The van der Waals surface area contributed by atoms with Crippen LogP contribution in [0.2, 0.25) is 0 Å². The number of aryl methyl sites for hydroxylation is 1. The highest BCUT2D eigenvalue weighted by Crippen LogP contribution is 2.25. The second-order valence-corrected chi connectivity index (χ2v) is 8.34. The van der Waals surface area contributed by atoms with E-state index in [2.05, 4.69) is 101 Å². The minimum atomic E-state index is 1.11. The van der Waals surface area contributed by atoms with Crippen molar-refractivity contribution in [1.29, 1.82) is 0 Å². The molecule has 2 heteroatoms. The van der Waals surface area contributed by atoms with E-state index in [1.54, 1.807) is 0 Å². The smallest absolute Gasteiger partial charge is 0.0384 e. The molecule has 0 radical (unpaired) electrons. The molecule has 0 aliphatic heterocycles. The second-order valence-electron chi connectivity index (χ2n) is 7.42. The summed E-state index contributed by atoms with van der Waals surface area (Å²) in [5.41, 5.74) is 6.15. The zero-order valence-corrected chi connectivity index (χ0v) is 18.3. The Bertz CT molecular complexity index is 820. The second kappa shape index (κ2) is 11.1. The molecule has 1 N–H and O–H groups in total. The van der Waals surface area contributed by atoms with Gasteiger partial charge in [-0.15, -0.1) is 0 Å². The Morgan fingerprint density at radius 1 is 0.607 bits per heavy atom. The molecule has 0 aliphatic carbocycles. The van der Waals surface area contributed by atoms with Gasteiger partial charge >= 0.3 is 0 Å². The van der Waals surface area contributed by atoms with Crippen LogP contribution in [0.1, 0.15) is 51.0 Å². The standard InChI is InChI=1S/C26H30BrN/c1-2-3-4-5-6-7-8-21-9-17-25(18-10-21)28-26-19-13-23(14-20-26)22-11-15-24(27)16-12-22/h9-20,28H,2-8H2,1H3. The summed E-state index contributed by atoms with van der Waals surface area (Å²) < 4.78 is 1.11. The van der Waals surface area contributed by atoms with Gasteiger partial charge in [0.25, 0.3) is 0 Å². The summed E-state index contributed by atoms with van der Waals surface area (Å²) in [7, 11) is 0. The van der Waals surface area contributed by atoms with Crippen LogP contribution < -0.4 is 5.32 Å². The first-order valence-corrected chi connectivity index (χ1v) is 11.3. The van der Waals surface area contributed by atoms with E-state index in [9.17, 15) is 0 Å². The molecule has 0 aliphatic rings. The quantitative estimate of drug-likeness (QED) is 0.313. The van der Waals surface area contributed by atoms with E-state index in [0.717, 1.165) is 15.8 Å². The molecule has 0 aromatic heterocycles. The number of nitrogens with one attached hydrogen (secondary N) is 1. The van der Waals surface area contributed by atoms with E-state index in [0.29, 0.717) is 0 Å². The fourth-order valence-corrected chi connectivity index (χ4v) is 3.68. The van der Waals surface area contributed by atoms with E-state index in [1.807, 2.05) is 0 Å². The van der Waals surface area contributed by atoms with Crippen molar-refractivity contribution in [2.24, 2.45) is 0 Å². The van der Waals surface area contributed by atoms with Gasteiger partial charge in [0.05, 0.1) is 0 Å². The van der Waals surface area contributed by atoms with Crippen LogP contribution in [0.4, 0.5) is 11.4 Å². The van der Waals surface area contributed by atoms with E-state index < -0.39 is 0 Å². The molecule has 0 bridgehead atoms. The predicted octanol–water partition coefficient (Wildman–Crippen LogP) is 8.76. The molecule has 0 saturated carbocycles. The fraction of sp³-hybridized carbons (Fsp3) is 0.308. The molecule has 28 heavy (non-hydrogen) atoms. The summed E-state index contributed by atoms with van der Waals surface area (Å²) in [5.74, 6) is 0. The van der Waals surface area contributed by atoms with Gasteiger partial charge in [-0.05, 0) is 65.9 Å². The van der Waals surface area contributed by atoms with Crippen molar-refractivity contribution in [1.82, 2.24) is 0 Å². The summed E-state index contributed by atoms with van der Waals surface area (Å²) in [5, 5.41) is 3.50. The highest BCUT2D eigenvalue weighted by molar-refractivity contribution is 9.10. The lowest BCUT2D eigenvalue weighted by Gasteiger charge is -2.09. The van der Waals surface area contributed by atoms with Crippen molar-refractivity contribution in [3.8, 4) is 11.1 Å². The van der Waals surface area contributed by atoms with Crippen LogP contribution in [-0.4, -0.2) is 0 Å². The average Bonchev–Trinajstić information content (AvgIpc) is 2.73. The van der Waals surface area contributed by atoms with Crippen molar-refractivity contribution in [2.45, 2.75) is 51.9 Å². The number of hydrogen-bond acceptors (Lipinski definition) is 1.